The lowest BCUT2D eigenvalue weighted by Crippen LogP contribution is -2.27. The average molecular weight is 144 g/mol. The van der Waals surface area contributed by atoms with Crippen LogP contribution in [0.1, 0.15) is 40.0 Å². The van der Waals surface area contributed by atoms with Crippen LogP contribution in [0.3, 0.4) is 0 Å². The SMILES string of the molecule is CCC.COC1CC(C)C1. The van der Waals surface area contributed by atoms with E-state index in [0.29, 0.717) is 6.10 Å². The Morgan fingerprint density at radius 3 is 1.80 bits per heavy atom. The summed E-state index contributed by atoms with van der Waals surface area (Å²) in [6.45, 7) is 6.51. The molecule has 1 saturated carbocycles. The second-order valence-corrected chi connectivity index (χ2v) is 3.14. The fraction of sp³-hybridized carbons (Fsp3) is 1.00. The minimum atomic E-state index is 0.593. The van der Waals surface area contributed by atoms with Crippen molar-refractivity contribution in [2.45, 2.75) is 46.1 Å². The molecule has 1 nitrogen and oxygen atoms in total. The van der Waals surface area contributed by atoms with Gasteiger partial charge in [0.15, 0.2) is 0 Å². The molecule has 1 aliphatic rings. The van der Waals surface area contributed by atoms with Gasteiger partial charge in [0.2, 0.25) is 0 Å². The molecule has 0 aromatic rings. The zero-order valence-corrected chi connectivity index (χ0v) is 7.68. The molecule has 62 valence electrons. The highest BCUT2D eigenvalue weighted by Gasteiger charge is 2.24. The molecule has 0 amide bonds. The normalized spacial score (nSPS) is 30.0. The molecule has 0 saturated heterocycles. The van der Waals surface area contributed by atoms with Crippen molar-refractivity contribution in [3.8, 4) is 0 Å². The molecule has 0 aliphatic heterocycles. The minimum absolute atomic E-state index is 0.593. The van der Waals surface area contributed by atoms with E-state index in [0.717, 1.165) is 5.92 Å². The summed E-state index contributed by atoms with van der Waals surface area (Å²) in [4.78, 5) is 0. The molecule has 1 heteroatoms. The molecule has 0 aromatic heterocycles. The zero-order valence-electron chi connectivity index (χ0n) is 7.68. The molecule has 0 aromatic carbocycles. The molecule has 0 radical (unpaired) electrons. The van der Waals surface area contributed by atoms with Crippen molar-refractivity contribution in [1.82, 2.24) is 0 Å². The Labute approximate surface area is 64.8 Å². The van der Waals surface area contributed by atoms with Gasteiger partial charge >= 0.3 is 0 Å². The summed E-state index contributed by atoms with van der Waals surface area (Å²) in [6, 6.07) is 0. The van der Waals surface area contributed by atoms with E-state index in [1.807, 2.05) is 0 Å². The van der Waals surface area contributed by atoms with Gasteiger partial charge in [-0.2, -0.15) is 0 Å². The van der Waals surface area contributed by atoms with Crippen molar-refractivity contribution in [1.29, 1.82) is 0 Å². The number of hydrogen-bond acceptors (Lipinski definition) is 1. The van der Waals surface area contributed by atoms with Gasteiger partial charge in [-0.25, -0.2) is 0 Å². The van der Waals surface area contributed by atoms with Crippen LogP contribution >= 0.6 is 0 Å². The molecule has 0 atom stereocenters. The molecule has 0 heterocycles. The van der Waals surface area contributed by atoms with E-state index in [-0.39, 0.29) is 0 Å². The van der Waals surface area contributed by atoms with Crippen LogP contribution in [0, 0.1) is 5.92 Å². The van der Waals surface area contributed by atoms with Crippen LogP contribution in [0.4, 0.5) is 0 Å². The summed E-state index contributed by atoms with van der Waals surface area (Å²) >= 11 is 0. The smallest absolute Gasteiger partial charge is 0.0576 e. The quantitative estimate of drug-likeness (QED) is 0.550. The molecule has 0 N–H and O–H groups in total. The molecule has 10 heavy (non-hydrogen) atoms. The number of hydrogen-bond donors (Lipinski definition) is 0. The maximum absolute atomic E-state index is 5.06. The molecule has 0 bridgehead atoms. The van der Waals surface area contributed by atoms with Crippen LogP contribution in [0.15, 0.2) is 0 Å². The first-order valence-corrected chi connectivity index (χ1v) is 4.27. The van der Waals surface area contributed by atoms with Gasteiger partial charge in [0.25, 0.3) is 0 Å². The fourth-order valence-corrected chi connectivity index (χ4v) is 1.02. The molecule has 0 spiro atoms. The lowest BCUT2D eigenvalue weighted by atomic mass is 9.84. The Kier molecular flexibility index (Phi) is 5.70. The Balaban J connectivity index is 0.000000236. The second-order valence-electron chi connectivity index (χ2n) is 3.14. The van der Waals surface area contributed by atoms with E-state index in [1.165, 1.54) is 19.3 Å². The van der Waals surface area contributed by atoms with Gasteiger partial charge in [-0.1, -0.05) is 27.2 Å². The number of rotatable bonds is 1. The van der Waals surface area contributed by atoms with E-state index < -0.39 is 0 Å². The standard InChI is InChI=1S/C6H12O.C3H8/c1-5-3-6(4-5)7-2;1-3-2/h5-6H,3-4H2,1-2H3;3H2,1-2H3. The molecular formula is C9H20O. The van der Waals surface area contributed by atoms with Crippen molar-refractivity contribution >= 4 is 0 Å². The first-order chi connectivity index (χ1) is 4.74. The zero-order chi connectivity index (χ0) is 7.98. The van der Waals surface area contributed by atoms with Crippen molar-refractivity contribution in [3.05, 3.63) is 0 Å². The summed E-state index contributed by atoms with van der Waals surface area (Å²) in [5, 5.41) is 0. The van der Waals surface area contributed by atoms with Gasteiger partial charge in [0.1, 0.15) is 0 Å². The lowest BCUT2D eigenvalue weighted by molar-refractivity contribution is 0.00751. The largest absolute Gasteiger partial charge is 0.381 e. The van der Waals surface area contributed by atoms with Gasteiger partial charge in [0, 0.05) is 7.11 Å². The van der Waals surface area contributed by atoms with Gasteiger partial charge < -0.3 is 4.74 Å². The minimum Gasteiger partial charge on any atom is -0.381 e. The second kappa shape index (κ2) is 5.72. The van der Waals surface area contributed by atoms with Crippen LogP contribution in [0.25, 0.3) is 0 Å². The van der Waals surface area contributed by atoms with Crippen LogP contribution < -0.4 is 0 Å². The van der Waals surface area contributed by atoms with E-state index in [2.05, 4.69) is 20.8 Å². The molecule has 1 aliphatic carbocycles. The van der Waals surface area contributed by atoms with Crippen molar-refractivity contribution in [3.63, 3.8) is 0 Å². The van der Waals surface area contributed by atoms with Gasteiger partial charge in [0.05, 0.1) is 6.10 Å². The first-order valence-electron chi connectivity index (χ1n) is 4.27. The van der Waals surface area contributed by atoms with Gasteiger partial charge in [-0.3, -0.25) is 0 Å². The summed E-state index contributed by atoms with van der Waals surface area (Å²) in [7, 11) is 1.79. The molecule has 1 rings (SSSR count). The summed E-state index contributed by atoms with van der Waals surface area (Å²) in [5.41, 5.74) is 0. The third-order valence-electron chi connectivity index (χ3n) is 1.66. The lowest BCUT2D eigenvalue weighted by Gasteiger charge is -2.30. The maximum Gasteiger partial charge on any atom is 0.0576 e. The van der Waals surface area contributed by atoms with Crippen LogP contribution in [0.2, 0.25) is 0 Å². The highest BCUT2D eigenvalue weighted by atomic mass is 16.5. The van der Waals surface area contributed by atoms with Crippen LogP contribution in [-0.2, 0) is 4.74 Å². The monoisotopic (exact) mass is 144 g/mol. The first kappa shape index (κ1) is 9.96. The summed E-state index contributed by atoms with van der Waals surface area (Å²) < 4.78 is 5.06. The van der Waals surface area contributed by atoms with Crippen LogP contribution in [-0.4, -0.2) is 13.2 Å². The molecule has 0 unspecified atom stereocenters. The Hall–Kier alpha value is -0.0400. The fourth-order valence-electron chi connectivity index (χ4n) is 1.02. The third-order valence-corrected chi connectivity index (χ3v) is 1.66. The average Bonchev–Trinajstić information content (AvgIpc) is 1.83. The summed E-state index contributed by atoms with van der Waals surface area (Å²) in [6.07, 6.45) is 4.39. The summed E-state index contributed by atoms with van der Waals surface area (Å²) in [5.74, 6) is 0.921. The Morgan fingerprint density at radius 1 is 1.30 bits per heavy atom. The predicted molar refractivity (Wildman–Crippen MR) is 45.2 cm³/mol. The van der Waals surface area contributed by atoms with Crippen LogP contribution in [0.5, 0.6) is 0 Å². The molecule has 1 fully saturated rings. The van der Waals surface area contributed by atoms with E-state index in [4.69, 9.17) is 4.74 Å². The van der Waals surface area contributed by atoms with Crippen molar-refractivity contribution < 1.29 is 4.74 Å². The Morgan fingerprint density at radius 2 is 1.70 bits per heavy atom. The number of ether oxygens (including phenoxy) is 1. The van der Waals surface area contributed by atoms with Crippen molar-refractivity contribution in [2.24, 2.45) is 5.92 Å². The van der Waals surface area contributed by atoms with Crippen molar-refractivity contribution in [2.75, 3.05) is 7.11 Å². The van der Waals surface area contributed by atoms with E-state index in [1.54, 1.807) is 7.11 Å². The predicted octanol–water partition coefficient (Wildman–Crippen LogP) is 2.85. The maximum atomic E-state index is 5.06. The van der Waals surface area contributed by atoms with Gasteiger partial charge in [-0.15, -0.1) is 0 Å². The highest BCUT2D eigenvalue weighted by Crippen LogP contribution is 2.28. The topological polar surface area (TPSA) is 9.23 Å². The van der Waals surface area contributed by atoms with E-state index in [9.17, 15) is 0 Å². The molecular weight excluding hydrogens is 124 g/mol. The number of methoxy groups -OCH3 is 1. The third kappa shape index (κ3) is 3.89. The van der Waals surface area contributed by atoms with E-state index >= 15 is 0 Å². The Bertz CT molecular complexity index is 65.1. The van der Waals surface area contributed by atoms with Gasteiger partial charge in [-0.05, 0) is 18.8 Å². The highest BCUT2D eigenvalue weighted by molar-refractivity contribution is 4.75.